The van der Waals surface area contributed by atoms with Crippen molar-refractivity contribution >= 4 is 23.2 Å². The van der Waals surface area contributed by atoms with Crippen LogP contribution in [0.4, 0.5) is 11.4 Å². The van der Waals surface area contributed by atoms with Crippen LogP contribution in [0.1, 0.15) is 15.9 Å². The molecule has 2 rings (SSSR count). The molecule has 0 radical (unpaired) electrons. The number of carbonyl (C=O) groups is 2. The molecule has 0 saturated heterocycles. The maximum absolute atomic E-state index is 12.4. The van der Waals surface area contributed by atoms with E-state index >= 15 is 0 Å². The highest BCUT2D eigenvalue weighted by molar-refractivity contribution is 6.06. The summed E-state index contributed by atoms with van der Waals surface area (Å²) in [5.41, 5.74) is 7.81. The van der Waals surface area contributed by atoms with E-state index in [1.165, 1.54) is 7.11 Å². The SMILES string of the molecule is COc1cc(NC(=O)CN)ccc1NC(=O)c1ccccc1C. The van der Waals surface area contributed by atoms with Crippen molar-refractivity contribution in [2.75, 3.05) is 24.3 Å². The Labute approximate surface area is 134 Å². The summed E-state index contributed by atoms with van der Waals surface area (Å²) in [6.45, 7) is 1.77. The molecule has 0 unspecified atom stereocenters. The molecule has 0 saturated carbocycles. The molecule has 120 valence electrons. The maximum atomic E-state index is 12.4. The van der Waals surface area contributed by atoms with Crippen molar-refractivity contribution < 1.29 is 14.3 Å². The quantitative estimate of drug-likeness (QED) is 0.788. The predicted octanol–water partition coefficient (Wildman–Crippen LogP) is 2.15. The molecule has 0 aromatic heterocycles. The second kappa shape index (κ2) is 7.42. The number of hydrogen-bond acceptors (Lipinski definition) is 4. The van der Waals surface area contributed by atoms with Gasteiger partial charge in [0.25, 0.3) is 5.91 Å². The minimum Gasteiger partial charge on any atom is -0.494 e. The first kappa shape index (κ1) is 16.5. The van der Waals surface area contributed by atoms with E-state index in [4.69, 9.17) is 10.5 Å². The van der Waals surface area contributed by atoms with Gasteiger partial charge in [0.1, 0.15) is 5.75 Å². The van der Waals surface area contributed by atoms with E-state index in [1.54, 1.807) is 24.3 Å². The summed E-state index contributed by atoms with van der Waals surface area (Å²) < 4.78 is 5.27. The van der Waals surface area contributed by atoms with E-state index in [9.17, 15) is 9.59 Å². The number of methoxy groups -OCH3 is 1. The number of ether oxygens (including phenoxy) is 1. The number of anilines is 2. The minimum atomic E-state index is -0.302. The molecule has 0 aliphatic rings. The van der Waals surface area contributed by atoms with Crippen molar-refractivity contribution in [3.8, 4) is 5.75 Å². The Balaban J connectivity index is 2.21. The third-order valence-corrected chi connectivity index (χ3v) is 3.31. The van der Waals surface area contributed by atoms with E-state index in [2.05, 4.69) is 10.6 Å². The Morgan fingerprint density at radius 2 is 1.87 bits per heavy atom. The van der Waals surface area contributed by atoms with Gasteiger partial charge in [-0.25, -0.2) is 0 Å². The lowest BCUT2D eigenvalue weighted by atomic mass is 10.1. The molecule has 0 bridgehead atoms. The van der Waals surface area contributed by atoms with Crippen LogP contribution in [0.2, 0.25) is 0 Å². The van der Waals surface area contributed by atoms with Crippen LogP contribution in [0.5, 0.6) is 5.75 Å². The minimum absolute atomic E-state index is 0.103. The highest BCUT2D eigenvalue weighted by Gasteiger charge is 2.12. The summed E-state index contributed by atoms with van der Waals surface area (Å²) in [6, 6.07) is 12.3. The Morgan fingerprint density at radius 1 is 1.13 bits per heavy atom. The predicted molar refractivity (Wildman–Crippen MR) is 89.8 cm³/mol. The molecular formula is C17H19N3O3. The highest BCUT2D eigenvalue weighted by atomic mass is 16.5. The van der Waals surface area contributed by atoms with E-state index < -0.39 is 0 Å². The Morgan fingerprint density at radius 3 is 2.52 bits per heavy atom. The molecular weight excluding hydrogens is 294 g/mol. The van der Waals surface area contributed by atoms with Gasteiger partial charge in [-0.15, -0.1) is 0 Å². The molecule has 2 aromatic rings. The van der Waals surface area contributed by atoms with Gasteiger partial charge >= 0.3 is 0 Å². The van der Waals surface area contributed by atoms with Gasteiger partial charge < -0.3 is 21.1 Å². The van der Waals surface area contributed by atoms with Crippen LogP contribution in [-0.4, -0.2) is 25.5 Å². The third-order valence-electron chi connectivity index (χ3n) is 3.31. The van der Waals surface area contributed by atoms with Crippen LogP contribution in [0.25, 0.3) is 0 Å². The molecule has 2 amide bonds. The number of rotatable bonds is 5. The molecule has 0 heterocycles. The third kappa shape index (κ3) is 4.08. The second-order valence-corrected chi connectivity index (χ2v) is 4.94. The van der Waals surface area contributed by atoms with Gasteiger partial charge in [0.05, 0.1) is 19.3 Å². The molecule has 4 N–H and O–H groups in total. The van der Waals surface area contributed by atoms with E-state index in [0.29, 0.717) is 22.7 Å². The molecule has 0 fully saturated rings. The van der Waals surface area contributed by atoms with Gasteiger partial charge in [0, 0.05) is 17.3 Å². The van der Waals surface area contributed by atoms with Gasteiger partial charge in [0.2, 0.25) is 5.91 Å². The number of hydrogen-bond donors (Lipinski definition) is 3. The first-order chi connectivity index (χ1) is 11.0. The van der Waals surface area contributed by atoms with Crippen molar-refractivity contribution in [1.29, 1.82) is 0 Å². The standard InChI is InChI=1S/C17H19N3O3/c1-11-5-3-4-6-13(11)17(22)20-14-8-7-12(9-15(14)23-2)19-16(21)10-18/h3-9H,10,18H2,1-2H3,(H,19,21)(H,20,22). The molecule has 6 nitrogen and oxygen atoms in total. The first-order valence-electron chi connectivity index (χ1n) is 7.10. The summed E-state index contributed by atoms with van der Waals surface area (Å²) in [4.78, 5) is 23.7. The zero-order valence-electron chi connectivity index (χ0n) is 13.1. The Hall–Kier alpha value is -2.86. The molecule has 0 atom stereocenters. The monoisotopic (exact) mass is 313 g/mol. The van der Waals surface area contributed by atoms with E-state index in [0.717, 1.165) is 5.56 Å². The summed E-state index contributed by atoms with van der Waals surface area (Å²) in [5.74, 6) is -0.0781. The number of nitrogens with one attached hydrogen (secondary N) is 2. The number of amides is 2. The lowest BCUT2D eigenvalue weighted by Crippen LogP contribution is -2.21. The Kier molecular flexibility index (Phi) is 5.32. The van der Waals surface area contributed by atoms with Crippen molar-refractivity contribution in [1.82, 2.24) is 0 Å². The Bertz CT molecular complexity index is 729. The van der Waals surface area contributed by atoms with Crippen LogP contribution in [0, 0.1) is 6.92 Å². The number of aryl methyl sites for hydroxylation is 1. The fourth-order valence-electron chi connectivity index (χ4n) is 2.10. The highest BCUT2D eigenvalue weighted by Crippen LogP contribution is 2.28. The first-order valence-corrected chi connectivity index (χ1v) is 7.10. The lowest BCUT2D eigenvalue weighted by molar-refractivity contribution is -0.114. The van der Waals surface area contributed by atoms with Crippen molar-refractivity contribution in [3.63, 3.8) is 0 Å². The summed E-state index contributed by atoms with van der Waals surface area (Å²) in [5, 5.41) is 5.44. The van der Waals surface area contributed by atoms with E-state index in [1.807, 2.05) is 25.1 Å². The van der Waals surface area contributed by atoms with Gasteiger partial charge in [-0.05, 0) is 30.7 Å². The number of nitrogens with two attached hydrogens (primary N) is 1. The van der Waals surface area contributed by atoms with Crippen LogP contribution >= 0.6 is 0 Å². The van der Waals surface area contributed by atoms with Gasteiger partial charge in [0.15, 0.2) is 0 Å². The second-order valence-electron chi connectivity index (χ2n) is 4.94. The van der Waals surface area contributed by atoms with Crippen molar-refractivity contribution in [3.05, 3.63) is 53.6 Å². The van der Waals surface area contributed by atoms with Crippen LogP contribution < -0.4 is 21.1 Å². The molecule has 2 aromatic carbocycles. The van der Waals surface area contributed by atoms with Crippen molar-refractivity contribution in [2.24, 2.45) is 5.73 Å². The average Bonchev–Trinajstić information content (AvgIpc) is 2.56. The fourth-order valence-corrected chi connectivity index (χ4v) is 2.10. The van der Waals surface area contributed by atoms with Crippen LogP contribution in [0.15, 0.2) is 42.5 Å². The van der Waals surface area contributed by atoms with E-state index in [-0.39, 0.29) is 18.4 Å². The zero-order chi connectivity index (χ0) is 16.8. The number of carbonyl (C=O) groups excluding carboxylic acids is 2. The topological polar surface area (TPSA) is 93.4 Å². The smallest absolute Gasteiger partial charge is 0.256 e. The number of benzene rings is 2. The zero-order valence-corrected chi connectivity index (χ0v) is 13.1. The molecule has 6 heteroatoms. The molecule has 0 aliphatic heterocycles. The van der Waals surface area contributed by atoms with Gasteiger partial charge in [-0.1, -0.05) is 18.2 Å². The molecule has 0 aliphatic carbocycles. The van der Waals surface area contributed by atoms with Gasteiger partial charge in [-0.3, -0.25) is 9.59 Å². The average molecular weight is 313 g/mol. The van der Waals surface area contributed by atoms with Crippen LogP contribution in [-0.2, 0) is 4.79 Å². The van der Waals surface area contributed by atoms with Crippen LogP contribution in [0.3, 0.4) is 0 Å². The summed E-state index contributed by atoms with van der Waals surface area (Å²) in [6.07, 6.45) is 0. The largest absolute Gasteiger partial charge is 0.494 e. The molecule has 0 spiro atoms. The van der Waals surface area contributed by atoms with Gasteiger partial charge in [-0.2, -0.15) is 0 Å². The fraction of sp³-hybridized carbons (Fsp3) is 0.176. The molecule has 23 heavy (non-hydrogen) atoms. The lowest BCUT2D eigenvalue weighted by Gasteiger charge is -2.13. The summed E-state index contributed by atoms with van der Waals surface area (Å²) >= 11 is 0. The summed E-state index contributed by atoms with van der Waals surface area (Å²) in [7, 11) is 1.49. The normalized spacial score (nSPS) is 10.0. The van der Waals surface area contributed by atoms with Crippen molar-refractivity contribution in [2.45, 2.75) is 6.92 Å². The maximum Gasteiger partial charge on any atom is 0.256 e.